The first kappa shape index (κ1) is 16.1. The standard InChI is InChI=1S/C15H15BrFNO2S/c16-9-10-18(12-13-5-2-1-3-6-13)21(19,20)15-8-4-7-14(17)11-15/h1-8,11H,9-10,12H2. The minimum atomic E-state index is -3.72. The van der Waals surface area contributed by atoms with E-state index in [4.69, 9.17) is 0 Å². The highest BCUT2D eigenvalue weighted by molar-refractivity contribution is 9.09. The largest absolute Gasteiger partial charge is 0.243 e. The zero-order valence-electron chi connectivity index (χ0n) is 11.2. The van der Waals surface area contributed by atoms with E-state index in [1.165, 1.54) is 22.5 Å². The highest BCUT2D eigenvalue weighted by atomic mass is 79.9. The van der Waals surface area contributed by atoms with E-state index in [1.54, 1.807) is 0 Å². The zero-order valence-corrected chi connectivity index (χ0v) is 13.6. The third-order valence-corrected chi connectivity index (χ3v) is 5.17. The first-order chi connectivity index (χ1) is 10.0. The molecule has 112 valence electrons. The molecule has 6 heteroatoms. The lowest BCUT2D eigenvalue weighted by molar-refractivity contribution is 0.426. The van der Waals surface area contributed by atoms with E-state index in [2.05, 4.69) is 15.9 Å². The van der Waals surface area contributed by atoms with Gasteiger partial charge < -0.3 is 0 Å². The summed E-state index contributed by atoms with van der Waals surface area (Å²) in [5.41, 5.74) is 0.887. The van der Waals surface area contributed by atoms with E-state index in [0.717, 1.165) is 11.6 Å². The molecule has 0 bridgehead atoms. The molecule has 0 unspecified atom stereocenters. The molecular formula is C15H15BrFNO2S. The van der Waals surface area contributed by atoms with Gasteiger partial charge in [-0.3, -0.25) is 0 Å². The van der Waals surface area contributed by atoms with Crippen LogP contribution in [-0.4, -0.2) is 24.6 Å². The Bertz CT molecular complexity index is 692. The second-order valence-corrected chi connectivity index (χ2v) is 7.20. The van der Waals surface area contributed by atoms with Crippen molar-refractivity contribution in [2.45, 2.75) is 11.4 Å². The Morgan fingerprint density at radius 3 is 2.38 bits per heavy atom. The van der Waals surface area contributed by atoms with Gasteiger partial charge in [-0.05, 0) is 23.8 Å². The Balaban J connectivity index is 2.32. The fraction of sp³-hybridized carbons (Fsp3) is 0.200. The molecule has 0 heterocycles. The van der Waals surface area contributed by atoms with Crippen molar-refractivity contribution in [3.05, 3.63) is 66.0 Å². The van der Waals surface area contributed by atoms with Gasteiger partial charge in [0.2, 0.25) is 10.0 Å². The van der Waals surface area contributed by atoms with E-state index in [0.29, 0.717) is 11.9 Å². The number of sulfonamides is 1. The molecule has 0 radical (unpaired) electrons. The van der Waals surface area contributed by atoms with Crippen LogP contribution in [-0.2, 0) is 16.6 Å². The maximum atomic E-state index is 13.3. The van der Waals surface area contributed by atoms with E-state index >= 15 is 0 Å². The van der Waals surface area contributed by atoms with Crippen molar-refractivity contribution < 1.29 is 12.8 Å². The second kappa shape index (κ2) is 7.15. The maximum Gasteiger partial charge on any atom is 0.243 e. The summed E-state index contributed by atoms with van der Waals surface area (Å²) < 4.78 is 39.9. The average Bonchev–Trinajstić information content (AvgIpc) is 2.48. The quantitative estimate of drug-likeness (QED) is 0.729. The monoisotopic (exact) mass is 371 g/mol. The summed E-state index contributed by atoms with van der Waals surface area (Å²) in [7, 11) is -3.72. The van der Waals surface area contributed by atoms with Crippen LogP contribution in [0, 0.1) is 5.82 Å². The smallest absolute Gasteiger partial charge is 0.207 e. The molecule has 0 saturated carbocycles. The van der Waals surface area contributed by atoms with Crippen molar-refractivity contribution in [2.75, 3.05) is 11.9 Å². The molecule has 2 aromatic carbocycles. The Hall–Kier alpha value is -1.24. The highest BCUT2D eigenvalue weighted by Crippen LogP contribution is 2.19. The van der Waals surface area contributed by atoms with Crippen molar-refractivity contribution >= 4 is 26.0 Å². The molecule has 2 rings (SSSR count). The van der Waals surface area contributed by atoms with Crippen LogP contribution in [0.3, 0.4) is 0 Å². The van der Waals surface area contributed by atoms with Gasteiger partial charge in [0, 0.05) is 18.4 Å². The average molecular weight is 372 g/mol. The molecule has 21 heavy (non-hydrogen) atoms. The summed E-state index contributed by atoms with van der Waals surface area (Å²) >= 11 is 3.26. The lowest BCUT2D eigenvalue weighted by Crippen LogP contribution is -2.32. The number of hydrogen-bond donors (Lipinski definition) is 0. The van der Waals surface area contributed by atoms with Crippen LogP contribution in [0.2, 0.25) is 0 Å². The Morgan fingerprint density at radius 2 is 1.76 bits per heavy atom. The van der Waals surface area contributed by atoms with Crippen LogP contribution in [0.25, 0.3) is 0 Å². The molecule has 0 aliphatic heterocycles. The zero-order chi connectivity index (χ0) is 15.3. The summed E-state index contributed by atoms with van der Waals surface area (Å²) in [5.74, 6) is -0.561. The van der Waals surface area contributed by atoms with Crippen LogP contribution < -0.4 is 0 Å². The summed E-state index contributed by atoms with van der Waals surface area (Å²) in [5, 5.41) is 0.508. The first-order valence-corrected chi connectivity index (χ1v) is 8.96. The fourth-order valence-electron chi connectivity index (χ4n) is 1.94. The van der Waals surface area contributed by atoms with Gasteiger partial charge in [-0.15, -0.1) is 0 Å². The Kier molecular flexibility index (Phi) is 5.50. The van der Waals surface area contributed by atoms with Crippen LogP contribution in [0.15, 0.2) is 59.5 Å². The van der Waals surface area contributed by atoms with Crippen LogP contribution in [0.4, 0.5) is 4.39 Å². The lowest BCUT2D eigenvalue weighted by atomic mass is 10.2. The van der Waals surface area contributed by atoms with Crippen molar-refractivity contribution in [3.63, 3.8) is 0 Å². The van der Waals surface area contributed by atoms with Gasteiger partial charge >= 0.3 is 0 Å². The molecule has 0 aliphatic carbocycles. The minimum Gasteiger partial charge on any atom is -0.207 e. The molecule has 0 aliphatic rings. The first-order valence-electron chi connectivity index (χ1n) is 6.39. The molecule has 3 nitrogen and oxygen atoms in total. The van der Waals surface area contributed by atoms with Gasteiger partial charge in [0.15, 0.2) is 0 Å². The SMILES string of the molecule is O=S(=O)(c1cccc(F)c1)N(CCBr)Cc1ccccc1. The number of nitrogens with zero attached hydrogens (tertiary/aromatic N) is 1. The molecule has 0 aromatic heterocycles. The predicted octanol–water partition coefficient (Wildman–Crippen LogP) is 3.41. The molecule has 0 atom stereocenters. The van der Waals surface area contributed by atoms with E-state index < -0.39 is 15.8 Å². The molecule has 0 fully saturated rings. The summed E-state index contributed by atoms with van der Waals surface area (Å²) in [6, 6.07) is 14.4. The van der Waals surface area contributed by atoms with Gasteiger partial charge in [-0.25, -0.2) is 12.8 Å². The normalized spacial score (nSPS) is 11.8. The van der Waals surface area contributed by atoms with Crippen molar-refractivity contribution in [1.29, 1.82) is 0 Å². The second-order valence-electron chi connectivity index (χ2n) is 4.47. The van der Waals surface area contributed by atoms with Gasteiger partial charge in [-0.2, -0.15) is 4.31 Å². The molecule has 0 saturated heterocycles. The fourth-order valence-corrected chi connectivity index (χ4v) is 4.07. The molecule has 2 aromatic rings. The summed E-state index contributed by atoms with van der Waals surface area (Å²) in [6.45, 7) is 0.568. The Labute approximate surface area is 132 Å². The number of halogens is 2. The third kappa shape index (κ3) is 4.12. The topological polar surface area (TPSA) is 37.4 Å². The van der Waals surface area contributed by atoms with Crippen molar-refractivity contribution in [3.8, 4) is 0 Å². The summed E-state index contributed by atoms with van der Waals surface area (Å²) in [4.78, 5) is -0.0284. The molecule has 0 amide bonds. The van der Waals surface area contributed by atoms with Crippen LogP contribution in [0.5, 0.6) is 0 Å². The number of hydrogen-bond acceptors (Lipinski definition) is 2. The van der Waals surface area contributed by atoms with Gasteiger partial charge in [0.05, 0.1) is 4.90 Å². The van der Waals surface area contributed by atoms with Gasteiger partial charge in [-0.1, -0.05) is 52.3 Å². The number of benzene rings is 2. The minimum absolute atomic E-state index is 0.0284. The van der Waals surface area contributed by atoms with Crippen LogP contribution >= 0.6 is 15.9 Å². The third-order valence-electron chi connectivity index (χ3n) is 2.97. The van der Waals surface area contributed by atoms with Gasteiger partial charge in [0.25, 0.3) is 0 Å². The predicted molar refractivity (Wildman–Crippen MR) is 84.2 cm³/mol. The Morgan fingerprint density at radius 1 is 1.05 bits per heavy atom. The lowest BCUT2D eigenvalue weighted by Gasteiger charge is -2.21. The van der Waals surface area contributed by atoms with Gasteiger partial charge in [0.1, 0.15) is 5.82 Å². The van der Waals surface area contributed by atoms with Crippen LogP contribution in [0.1, 0.15) is 5.56 Å². The number of alkyl halides is 1. The highest BCUT2D eigenvalue weighted by Gasteiger charge is 2.24. The van der Waals surface area contributed by atoms with E-state index in [9.17, 15) is 12.8 Å². The number of rotatable bonds is 6. The summed E-state index contributed by atoms with van der Waals surface area (Å²) in [6.07, 6.45) is 0. The van der Waals surface area contributed by atoms with Crippen molar-refractivity contribution in [1.82, 2.24) is 4.31 Å². The van der Waals surface area contributed by atoms with Crippen molar-refractivity contribution in [2.24, 2.45) is 0 Å². The molecule has 0 spiro atoms. The van der Waals surface area contributed by atoms with E-state index in [-0.39, 0.29) is 11.4 Å². The molecule has 0 N–H and O–H groups in total. The molecular weight excluding hydrogens is 357 g/mol. The van der Waals surface area contributed by atoms with E-state index in [1.807, 2.05) is 30.3 Å². The maximum absolute atomic E-state index is 13.3.